The molecule has 0 aromatic heterocycles. The molecule has 0 amide bonds. The molecular weight excluding hydrogens is 234 g/mol. The fourth-order valence-electron chi connectivity index (χ4n) is 1.38. The predicted molar refractivity (Wildman–Crippen MR) is 69.7 cm³/mol. The van der Waals surface area contributed by atoms with E-state index in [2.05, 4.69) is 10.1 Å². The Kier molecular flexibility index (Phi) is 7.54. The Morgan fingerprint density at radius 3 is 2.39 bits per heavy atom. The van der Waals surface area contributed by atoms with Gasteiger partial charge in [0, 0.05) is 0 Å². The normalized spacial score (nSPS) is 11.1. The molecule has 5 heteroatoms. The summed E-state index contributed by atoms with van der Waals surface area (Å²) in [6.07, 6.45) is 0.386. The van der Waals surface area contributed by atoms with E-state index in [4.69, 9.17) is 5.11 Å². The number of rotatable bonds is 4. The summed E-state index contributed by atoms with van der Waals surface area (Å²) in [5, 5.41) is 21.2. The molecule has 5 nitrogen and oxygen atoms in total. The number of benzene rings is 1. The zero-order valence-corrected chi connectivity index (χ0v) is 11.2. The van der Waals surface area contributed by atoms with Crippen LogP contribution in [0.25, 0.3) is 0 Å². The van der Waals surface area contributed by atoms with Crippen LogP contribution in [0.1, 0.15) is 19.4 Å². The summed E-state index contributed by atoms with van der Waals surface area (Å²) in [6.45, 7) is 4.00. The summed E-state index contributed by atoms with van der Waals surface area (Å²) in [6, 6.07) is 3.98. The zero-order valence-electron chi connectivity index (χ0n) is 11.2. The highest BCUT2D eigenvalue weighted by Crippen LogP contribution is 2.25. The van der Waals surface area contributed by atoms with Gasteiger partial charge in [0.2, 0.25) is 0 Å². The van der Waals surface area contributed by atoms with E-state index in [0.717, 1.165) is 5.56 Å². The van der Waals surface area contributed by atoms with E-state index < -0.39 is 6.04 Å². The lowest BCUT2D eigenvalue weighted by molar-refractivity contribution is -0.142. The summed E-state index contributed by atoms with van der Waals surface area (Å²) in [5.74, 6) is -0.741. The molecule has 0 aliphatic heterocycles. The van der Waals surface area contributed by atoms with Gasteiger partial charge >= 0.3 is 5.97 Å². The lowest BCUT2D eigenvalue weighted by Gasteiger charge is -2.13. The SMILES string of the molecule is CC.CNC(Cc1ccc(O)c(O)c1)C(=O)OC. The first kappa shape index (κ1) is 16.2. The van der Waals surface area contributed by atoms with Crippen LogP contribution in [0, 0.1) is 0 Å². The van der Waals surface area contributed by atoms with Gasteiger partial charge in [0.15, 0.2) is 11.5 Å². The molecule has 0 spiro atoms. The monoisotopic (exact) mass is 255 g/mol. The largest absolute Gasteiger partial charge is 0.504 e. The highest BCUT2D eigenvalue weighted by molar-refractivity contribution is 5.76. The maximum absolute atomic E-state index is 11.3. The quantitative estimate of drug-likeness (QED) is 0.560. The first-order chi connectivity index (χ1) is 8.58. The lowest BCUT2D eigenvalue weighted by Crippen LogP contribution is -2.36. The van der Waals surface area contributed by atoms with Gasteiger partial charge in [0.1, 0.15) is 6.04 Å². The van der Waals surface area contributed by atoms with Gasteiger partial charge in [-0.1, -0.05) is 19.9 Å². The van der Waals surface area contributed by atoms with Crippen molar-refractivity contribution in [1.29, 1.82) is 0 Å². The molecule has 0 saturated carbocycles. The Labute approximate surface area is 107 Å². The first-order valence-corrected chi connectivity index (χ1v) is 5.84. The van der Waals surface area contributed by atoms with Gasteiger partial charge < -0.3 is 20.3 Å². The molecule has 1 aromatic carbocycles. The molecule has 0 radical (unpaired) electrons. The van der Waals surface area contributed by atoms with Crippen LogP contribution >= 0.6 is 0 Å². The molecule has 102 valence electrons. The molecule has 1 unspecified atom stereocenters. The number of phenols is 2. The van der Waals surface area contributed by atoms with E-state index in [1.165, 1.54) is 19.2 Å². The third kappa shape index (κ3) is 4.63. The van der Waals surface area contributed by atoms with Crippen molar-refractivity contribution in [3.63, 3.8) is 0 Å². The molecule has 18 heavy (non-hydrogen) atoms. The second kappa shape index (κ2) is 8.36. The zero-order chi connectivity index (χ0) is 14.1. The minimum Gasteiger partial charge on any atom is -0.504 e. The third-order valence-corrected chi connectivity index (χ3v) is 2.31. The van der Waals surface area contributed by atoms with Gasteiger partial charge in [-0.25, -0.2) is 0 Å². The third-order valence-electron chi connectivity index (χ3n) is 2.31. The standard InChI is InChI=1S/C11H15NO4.C2H6/c1-12-8(11(15)16-2)5-7-3-4-9(13)10(14)6-7;1-2/h3-4,6,8,12-14H,5H2,1-2H3;1-2H3. The number of likely N-dealkylation sites (N-methyl/N-ethyl adjacent to an activating group) is 1. The smallest absolute Gasteiger partial charge is 0.323 e. The second-order valence-corrected chi connectivity index (χ2v) is 3.39. The minimum atomic E-state index is -0.464. The number of hydrogen-bond donors (Lipinski definition) is 3. The average molecular weight is 255 g/mol. The van der Waals surface area contributed by atoms with E-state index in [1.54, 1.807) is 13.1 Å². The van der Waals surface area contributed by atoms with Crippen LogP contribution in [-0.4, -0.2) is 36.4 Å². The van der Waals surface area contributed by atoms with E-state index in [-0.39, 0.29) is 17.5 Å². The molecule has 3 N–H and O–H groups in total. The predicted octanol–water partition coefficient (Wildman–Crippen LogP) is 1.43. The van der Waals surface area contributed by atoms with Crippen molar-refractivity contribution in [2.24, 2.45) is 0 Å². The Balaban J connectivity index is 0.00000137. The van der Waals surface area contributed by atoms with Gasteiger partial charge in [-0.3, -0.25) is 4.79 Å². The number of ether oxygens (including phenoxy) is 1. The molecule has 1 atom stereocenters. The van der Waals surface area contributed by atoms with Crippen LogP contribution in [0.4, 0.5) is 0 Å². The van der Waals surface area contributed by atoms with Gasteiger partial charge in [-0.15, -0.1) is 0 Å². The maximum atomic E-state index is 11.3. The van der Waals surface area contributed by atoms with Crippen molar-refractivity contribution in [2.45, 2.75) is 26.3 Å². The van der Waals surface area contributed by atoms with E-state index in [9.17, 15) is 9.90 Å². The average Bonchev–Trinajstić information content (AvgIpc) is 2.41. The fourth-order valence-corrected chi connectivity index (χ4v) is 1.38. The topological polar surface area (TPSA) is 78.8 Å². The summed E-state index contributed by atoms with van der Waals surface area (Å²) < 4.78 is 4.62. The molecular formula is C13H21NO4. The minimum absolute atomic E-state index is 0.178. The van der Waals surface area contributed by atoms with Crippen LogP contribution in [0.5, 0.6) is 11.5 Å². The second-order valence-electron chi connectivity index (χ2n) is 3.39. The molecule has 0 bridgehead atoms. The van der Waals surface area contributed by atoms with Crippen molar-refractivity contribution in [3.8, 4) is 11.5 Å². The Morgan fingerprint density at radius 1 is 1.33 bits per heavy atom. The number of carbonyl (C=O) groups is 1. The molecule has 0 heterocycles. The molecule has 0 aliphatic rings. The van der Waals surface area contributed by atoms with Crippen molar-refractivity contribution >= 4 is 5.97 Å². The van der Waals surface area contributed by atoms with Gasteiger partial charge in [-0.05, 0) is 31.2 Å². The van der Waals surface area contributed by atoms with Gasteiger partial charge in [0.25, 0.3) is 0 Å². The van der Waals surface area contributed by atoms with Crippen molar-refractivity contribution in [1.82, 2.24) is 5.32 Å². The highest BCUT2D eigenvalue weighted by Gasteiger charge is 2.17. The van der Waals surface area contributed by atoms with E-state index in [0.29, 0.717) is 6.42 Å². The van der Waals surface area contributed by atoms with Crippen molar-refractivity contribution in [3.05, 3.63) is 23.8 Å². The van der Waals surface area contributed by atoms with Crippen molar-refractivity contribution < 1.29 is 19.7 Å². The maximum Gasteiger partial charge on any atom is 0.323 e. The number of phenolic OH excluding ortho intramolecular Hbond substituents is 2. The Bertz CT molecular complexity index is 379. The summed E-state index contributed by atoms with van der Waals surface area (Å²) >= 11 is 0. The first-order valence-electron chi connectivity index (χ1n) is 5.84. The summed E-state index contributed by atoms with van der Waals surface area (Å²) in [4.78, 5) is 11.3. The van der Waals surface area contributed by atoms with Crippen LogP contribution in [0.2, 0.25) is 0 Å². The van der Waals surface area contributed by atoms with E-state index >= 15 is 0 Å². The van der Waals surface area contributed by atoms with Crippen LogP contribution in [0.15, 0.2) is 18.2 Å². The number of hydrogen-bond acceptors (Lipinski definition) is 5. The van der Waals surface area contributed by atoms with Crippen LogP contribution in [-0.2, 0) is 16.0 Å². The van der Waals surface area contributed by atoms with Crippen LogP contribution in [0.3, 0.4) is 0 Å². The number of aromatic hydroxyl groups is 2. The number of esters is 1. The number of carbonyl (C=O) groups excluding carboxylic acids is 1. The summed E-state index contributed by atoms with van der Waals surface area (Å²) in [5.41, 5.74) is 0.736. The molecule has 1 aromatic rings. The lowest BCUT2D eigenvalue weighted by atomic mass is 10.1. The molecule has 1 rings (SSSR count). The van der Waals surface area contributed by atoms with Crippen molar-refractivity contribution in [2.75, 3.05) is 14.2 Å². The van der Waals surface area contributed by atoms with Gasteiger partial charge in [-0.2, -0.15) is 0 Å². The molecule has 0 aliphatic carbocycles. The van der Waals surface area contributed by atoms with E-state index in [1.807, 2.05) is 13.8 Å². The Morgan fingerprint density at radius 2 is 1.94 bits per heavy atom. The highest BCUT2D eigenvalue weighted by atomic mass is 16.5. The Hall–Kier alpha value is -1.75. The van der Waals surface area contributed by atoms with Crippen LogP contribution < -0.4 is 5.32 Å². The molecule has 0 fully saturated rings. The molecule has 0 saturated heterocycles. The number of nitrogens with one attached hydrogen (secondary N) is 1. The van der Waals surface area contributed by atoms with Gasteiger partial charge in [0.05, 0.1) is 7.11 Å². The number of methoxy groups -OCH3 is 1. The fraction of sp³-hybridized carbons (Fsp3) is 0.462. The summed E-state index contributed by atoms with van der Waals surface area (Å²) in [7, 11) is 2.98.